The SMILES string of the molecule is Cc1ccc(NC(CC(=O)c2ccccc2)c2ccccc2)cc1C. The van der Waals surface area contributed by atoms with Crippen LogP contribution in [0, 0.1) is 13.8 Å². The number of carbonyl (C=O) groups is 1. The maximum Gasteiger partial charge on any atom is 0.165 e. The van der Waals surface area contributed by atoms with Crippen molar-refractivity contribution < 1.29 is 4.79 Å². The lowest BCUT2D eigenvalue weighted by Crippen LogP contribution is -2.16. The maximum atomic E-state index is 12.7. The molecule has 0 heterocycles. The minimum absolute atomic E-state index is 0.0592. The summed E-state index contributed by atoms with van der Waals surface area (Å²) in [6, 6.07) is 25.9. The summed E-state index contributed by atoms with van der Waals surface area (Å²) in [5.41, 5.74) is 5.42. The number of hydrogen-bond acceptors (Lipinski definition) is 2. The fourth-order valence-electron chi connectivity index (χ4n) is 2.90. The number of aryl methyl sites for hydroxylation is 2. The summed E-state index contributed by atoms with van der Waals surface area (Å²) < 4.78 is 0. The van der Waals surface area contributed by atoms with Gasteiger partial charge in [-0.25, -0.2) is 0 Å². The lowest BCUT2D eigenvalue weighted by molar-refractivity contribution is 0.0976. The molecule has 0 aromatic heterocycles. The molecule has 126 valence electrons. The summed E-state index contributed by atoms with van der Waals surface area (Å²) in [6.07, 6.45) is 0.418. The van der Waals surface area contributed by atoms with Gasteiger partial charge in [0.05, 0.1) is 6.04 Å². The van der Waals surface area contributed by atoms with Crippen molar-refractivity contribution in [1.82, 2.24) is 0 Å². The highest BCUT2D eigenvalue weighted by atomic mass is 16.1. The Labute approximate surface area is 149 Å². The van der Waals surface area contributed by atoms with Crippen molar-refractivity contribution in [3.05, 3.63) is 101 Å². The Morgan fingerprint density at radius 3 is 2.12 bits per heavy atom. The zero-order chi connectivity index (χ0) is 17.6. The molecular weight excluding hydrogens is 306 g/mol. The quantitative estimate of drug-likeness (QED) is 0.585. The second-order valence-electron chi connectivity index (χ2n) is 6.40. The molecule has 0 aliphatic rings. The largest absolute Gasteiger partial charge is 0.378 e. The van der Waals surface area contributed by atoms with E-state index >= 15 is 0 Å². The zero-order valence-corrected chi connectivity index (χ0v) is 14.7. The Bertz CT molecular complexity index is 840. The molecule has 0 spiro atoms. The minimum Gasteiger partial charge on any atom is -0.378 e. The van der Waals surface area contributed by atoms with E-state index in [-0.39, 0.29) is 11.8 Å². The van der Waals surface area contributed by atoms with Crippen molar-refractivity contribution in [2.24, 2.45) is 0 Å². The summed E-state index contributed by atoms with van der Waals surface area (Å²) in [4.78, 5) is 12.7. The summed E-state index contributed by atoms with van der Waals surface area (Å²) in [5.74, 6) is 0.144. The van der Waals surface area contributed by atoms with E-state index in [9.17, 15) is 4.79 Å². The van der Waals surface area contributed by atoms with Crippen molar-refractivity contribution in [3.63, 3.8) is 0 Å². The van der Waals surface area contributed by atoms with Crippen molar-refractivity contribution in [3.8, 4) is 0 Å². The highest BCUT2D eigenvalue weighted by molar-refractivity contribution is 5.96. The first-order valence-electron chi connectivity index (χ1n) is 8.60. The summed E-state index contributed by atoms with van der Waals surface area (Å²) in [7, 11) is 0. The van der Waals surface area contributed by atoms with Crippen LogP contribution < -0.4 is 5.32 Å². The van der Waals surface area contributed by atoms with Gasteiger partial charge in [0, 0.05) is 17.7 Å². The van der Waals surface area contributed by atoms with Crippen molar-refractivity contribution in [2.75, 3.05) is 5.32 Å². The molecule has 0 radical (unpaired) electrons. The molecule has 0 aliphatic heterocycles. The van der Waals surface area contributed by atoms with Crippen LogP contribution in [-0.4, -0.2) is 5.78 Å². The zero-order valence-electron chi connectivity index (χ0n) is 14.7. The van der Waals surface area contributed by atoms with E-state index in [0.717, 1.165) is 16.8 Å². The average Bonchev–Trinajstić information content (AvgIpc) is 2.65. The smallest absolute Gasteiger partial charge is 0.165 e. The number of rotatable bonds is 6. The maximum absolute atomic E-state index is 12.7. The van der Waals surface area contributed by atoms with Gasteiger partial charge in [0.15, 0.2) is 5.78 Å². The molecule has 0 saturated carbocycles. The van der Waals surface area contributed by atoms with Gasteiger partial charge in [-0.3, -0.25) is 4.79 Å². The van der Waals surface area contributed by atoms with Gasteiger partial charge in [0.25, 0.3) is 0 Å². The predicted molar refractivity (Wildman–Crippen MR) is 104 cm³/mol. The van der Waals surface area contributed by atoms with Gasteiger partial charge in [-0.2, -0.15) is 0 Å². The molecule has 0 bridgehead atoms. The summed E-state index contributed by atoms with van der Waals surface area (Å²) >= 11 is 0. The molecule has 0 amide bonds. The molecule has 3 aromatic rings. The topological polar surface area (TPSA) is 29.1 Å². The first kappa shape index (κ1) is 17.0. The van der Waals surface area contributed by atoms with E-state index < -0.39 is 0 Å². The number of Topliss-reactive ketones (excluding diaryl/α,β-unsaturated/α-hetero) is 1. The van der Waals surface area contributed by atoms with Crippen LogP contribution in [0.3, 0.4) is 0 Å². The van der Waals surface area contributed by atoms with Crippen molar-refractivity contribution in [2.45, 2.75) is 26.3 Å². The van der Waals surface area contributed by atoms with E-state index in [1.807, 2.05) is 48.5 Å². The number of ketones is 1. The second-order valence-corrected chi connectivity index (χ2v) is 6.40. The van der Waals surface area contributed by atoms with Gasteiger partial charge in [-0.15, -0.1) is 0 Å². The highest BCUT2D eigenvalue weighted by Crippen LogP contribution is 2.25. The fraction of sp³-hybridized carbons (Fsp3) is 0.174. The summed E-state index contributed by atoms with van der Waals surface area (Å²) in [6.45, 7) is 4.21. The third-order valence-electron chi connectivity index (χ3n) is 4.54. The van der Waals surface area contributed by atoms with Gasteiger partial charge in [0.2, 0.25) is 0 Å². The van der Waals surface area contributed by atoms with E-state index in [4.69, 9.17) is 0 Å². The Morgan fingerprint density at radius 1 is 0.840 bits per heavy atom. The number of benzene rings is 3. The van der Waals surface area contributed by atoms with Gasteiger partial charge >= 0.3 is 0 Å². The van der Waals surface area contributed by atoms with E-state index in [1.54, 1.807) is 0 Å². The van der Waals surface area contributed by atoms with Crippen LogP contribution in [0.2, 0.25) is 0 Å². The Hall–Kier alpha value is -2.87. The molecule has 3 rings (SSSR count). The number of nitrogens with one attached hydrogen (secondary N) is 1. The molecule has 3 aromatic carbocycles. The lowest BCUT2D eigenvalue weighted by Gasteiger charge is -2.21. The predicted octanol–water partition coefficient (Wildman–Crippen LogP) is 5.73. The fourth-order valence-corrected chi connectivity index (χ4v) is 2.90. The highest BCUT2D eigenvalue weighted by Gasteiger charge is 2.17. The van der Waals surface area contributed by atoms with Gasteiger partial charge in [0.1, 0.15) is 0 Å². The minimum atomic E-state index is -0.0592. The number of anilines is 1. The molecule has 0 saturated heterocycles. The molecule has 25 heavy (non-hydrogen) atoms. The van der Waals surface area contributed by atoms with Crippen LogP contribution in [0.4, 0.5) is 5.69 Å². The normalized spacial score (nSPS) is 11.8. The third-order valence-corrected chi connectivity index (χ3v) is 4.54. The third kappa shape index (κ3) is 4.36. The van der Waals surface area contributed by atoms with Crippen LogP contribution in [0.25, 0.3) is 0 Å². The first-order valence-corrected chi connectivity index (χ1v) is 8.60. The molecule has 0 fully saturated rings. The molecule has 2 heteroatoms. The first-order chi connectivity index (χ1) is 12.1. The van der Waals surface area contributed by atoms with Crippen LogP contribution in [0.5, 0.6) is 0 Å². The van der Waals surface area contributed by atoms with E-state index in [2.05, 4.69) is 49.5 Å². The van der Waals surface area contributed by atoms with Gasteiger partial charge < -0.3 is 5.32 Å². The standard InChI is InChI=1S/C23H23NO/c1-17-13-14-21(15-18(17)2)24-22(19-9-5-3-6-10-19)16-23(25)20-11-7-4-8-12-20/h3-15,22,24H,16H2,1-2H3. The average molecular weight is 329 g/mol. The van der Waals surface area contributed by atoms with Crippen LogP contribution in [0.15, 0.2) is 78.9 Å². The monoisotopic (exact) mass is 329 g/mol. The summed E-state index contributed by atoms with van der Waals surface area (Å²) in [5, 5.41) is 3.54. The van der Waals surface area contributed by atoms with Gasteiger partial charge in [-0.05, 0) is 42.7 Å². The molecule has 1 unspecified atom stereocenters. The lowest BCUT2D eigenvalue weighted by atomic mass is 9.97. The van der Waals surface area contributed by atoms with Crippen molar-refractivity contribution >= 4 is 11.5 Å². The Balaban J connectivity index is 1.85. The Morgan fingerprint density at radius 2 is 1.48 bits per heavy atom. The second kappa shape index (κ2) is 7.80. The molecule has 1 atom stereocenters. The van der Waals surface area contributed by atoms with E-state index in [0.29, 0.717) is 6.42 Å². The van der Waals surface area contributed by atoms with Crippen LogP contribution in [0.1, 0.15) is 39.5 Å². The molecule has 0 aliphatic carbocycles. The van der Waals surface area contributed by atoms with Crippen LogP contribution >= 0.6 is 0 Å². The van der Waals surface area contributed by atoms with Gasteiger partial charge in [-0.1, -0.05) is 66.7 Å². The number of carbonyl (C=O) groups excluding carboxylic acids is 1. The molecular formula is C23H23NO. The van der Waals surface area contributed by atoms with Crippen molar-refractivity contribution in [1.29, 1.82) is 0 Å². The molecule has 1 N–H and O–H groups in total. The van der Waals surface area contributed by atoms with Crippen LogP contribution in [-0.2, 0) is 0 Å². The molecule has 2 nitrogen and oxygen atoms in total. The Kier molecular flexibility index (Phi) is 5.30. The van der Waals surface area contributed by atoms with E-state index in [1.165, 1.54) is 11.1 Å². The number of hydrogen-bond donors (Lipinski definition) is 1.